The van der Waals surface area contributed by atoms with E-state index >= 15 is 0 Å². The summed E-state index contributed by atoms with van der Waals surface area (Å²) in [5, 5.41) is 3.36. The smallest absolute Gasteiger partial charge is 0.311 e. The molecule has 1 aliphatic carbocycles. The third kappa shape index (κ3) is 3.46. The van der Waals surface area contributed by atoms with Gasteiger partial charge in [-0.1, -0.05) is 18.2 Å². The molecule has 3 atom stereocenters. The third-order valence-corrected chi connectivity index (χ3v) is 4.78. The second-order valence-electron chi connectivity index (χ2n) is 6.25. The summed E-state index contributed by atoms with van der Waals surface area (Å²) >= 11 is 0. The van der Waals surface area contributed by atoms with Crippen LogP contribution in [-0.4, -0.2) is 37.8 Å². The van der Waals surface area contributed by atoms with Gasteiger partial charge in [0, 0.05) is 18.5 Å². The van der Waals surface area contributed by atoms with Crippen LogP contribution in [0.4, 0.5) is 0 Å². The lowest BCUT2D eigenvalue weighted by molar-refractivity contribution is -0.149. The molecule has 26 heavy (non-hydrogen) atoms. The highest BCUT2D eigenvalue weighted by Gasteiger charge is 2.44. The lowest BCUT2D eigenvalue weighted by Crippen LogP contribution is -2.29. The number of nitrogens with one attached hydrogen (secondary N) is 1. The molecule has 0 amide bonds. The Bertz CT molecular complexity index is 778. The van der Waals surface area contributed by atoms with Gasteiger partial charge in [-0.3, -0.25) is 14.4 Å². The van der Waals surface area contributed by atoms with Crippen LogP contribution in [0.1, 0.15) is 18.5 Å². The minimum Gasteiger partial charge on any atom is -0.497 e. The first-order chi connectivity index (χ1) is 12.5. The Balaban J connectivity index is 1.92. The summed E-state index contributed by atoms with van der Waals surface area (Å²) in [4.78, 5) is 35.8. The Kier molecular flexibility index (Phi) is 5.32. The van der Waals surface area contributed by atoms with E-state index in [0.717, 1.165) is 11.3 Å². The van der Waals surface area contributed by atoms with Crippen molar-refractivity contribution >= 4 is 17.5 Å². The molecule has 6 nitrogen and oxygen atoms in total. The van der Waals surface area contributed by atoms with E-state index < -0.39 is 17.5 Å². The molecule has 0 saturated carbocycles. The van der Waals surface area contributed by atoms with Crippen molar-refractivity contribution in [2.24, 2.45) is 11.8 Å². The van der Waals surface area contributed by atoms with Gasteiger partial charge in [0.05, 0.1) is 19.6 Å². The standard InChI is InChI=1S/C20H21NO5/c1-3-26-20(24)18-15(13-6-9-16(22)17(23)10-13)11-21-19(18)12-4-7-14(25-2)8-5-12/h4-10,15,18-19,21H,3,11H2,1-2H3. The van der Waals surface area contributed by atoms with Crippen molar-refractivity contribution in [3.8, 4) is 5.75 Å². The fourth-order valence-electron chi connectivity index (χ4n) is 3.50. The van der Waals surface area contributed by atoms with E-state index in [1.807, 2.05) is 24.3 Å². The van der Waals surface area contributed by atoms with Crippen molar-refractivity contribution in [3.63, 3.8) is 0 Å². The van der Waals surface area contributed by atoms with E-state index in [-0.39, 0.29) is 24.5 Å². The number of hydrogen-bond donors (Lipinski definition) is 1. The lowest BCUT2D eigenvalue weighted by Gasteiger charge is -2.24. The molecule has 1 saturated heterocycles. The molecule has 1 N–H and O–H groups in total. The Morgan fingerprint density at radius 2 is 1.88 bits per heavy atom. The molecule has 1 aromatic carbocycles. The van der Waals surface area contributed by atoms with Crippen molar-refractivity contribution in [2.45, 2.75) is 13.0 Å². The zero-order valence-electron chi connectivity index (χ0n) is 14.7. The van der Waals surface area contributed by atoms with Gasteiger partial charge in [-0.25, -0.2) is 0 Å². The summed E-state index contributed by atoms with van der Waals surface area (Å²) in [7, 11) is 1.60. The average Bonchev–Trinajstić information content (AvgIpc) is 3.09. The Morgan fingerprint density at radius 3 is 2.50 bits per heavy atom. The number of rotatable bonds is 5. The van der Waals surface area contributed by atoms with Crippen LogP contribution in [0, 0.1) is 11.8 Å². The fraction of sp³-hybridized carbons (Fsp3) is 0.350. The summed E-state index contributed by atoms with van der Waals surface area (Å²) < 4.78 is 10.5. The van der Waals surface area contributed by atoms with E-state index in [1.165, 1.54) is 12.2 Å². The minimum atomic E-state index is -0.557. The highest BCUT2D eigenvalue weighted by Crippen LogP contribution is 2.39. The largest absolute Gasteiger partial charge is 0.497 e. The SMILES string of the molecule is CCOC(=O)C1C(C2=CC(=O)C(=O)C=C2)CNC1c1ccc(OC)cc1. The molecule has 0 radical (unpaired) electrons. The third-order valence-electron chi connectivity index (χ3n) is 4.78. The first-order valence-electron chi connectivity index (χ1n) is 8.57. The van der Waals surface area contributed by atoms with Crippen molar-refractivity contribution in [1.29, 1.82) is 0 Å². The maximum Gasteiger partial charge on any atom is 0.311 e. The molecule has 1 heterocycles. The van der Waals surface area contributed by atoms with Crippen LogP contribution in [0.25, 0.3) is 0 Å². The Hall–Kier alpha value is -2.73. The summed E-state index contributed by atoms with van der Waals surface area (Å²) in [6.45, 7) is 2.56. The van der Waals surface area contributed by atoms with Gasteiger partial charge in [-0.05, 0) is 42.3 Å². The van der Waals surface area contributed by atoms with Gasteiger partial charge < -0.3 is 14.8 Å². The van der Waals surface area contributed by atoms with Crippen LogP contribution in [0.2, 0.25) is 0 Å². The number of hydrogen-bond acceptors (Lipinski definition) is 6. The molecule has 1 fully saturated rings. The van der Waals surface area contributed by atoms with Crippen LogP contribution in [0.5, 0.6) is 5.75 Å². The van der Waals surface area contributed by atoms with Crippen LogP contribution in [-0.2, 0) is 19.1 Å². The van der Waals surface area contributed by atoms with Gasteiger partial charge in [0.15, 0.2) is 0 Å². The summed E-state index contributed by atoms with van der Waals surface area (Å²) in [5.74, 6) is -1.41. The summed E-state index contributed by atoms with van der Waals surface area (Å²) in [6.07, 6.45) is 4.22. The monoisotopic (exact) mass is 355 g/mol. The summed E-state index contributed by atoms with van der Waals surface area (Å²) in [6, 6.07) is 7.26. The predicted octanol–water partition coefficient (Wildman–Crippen LogP) is 1.77. The number of allylic oxidation sites excluding steroid dienone is 3. The molecule has 1 aliphatic heterocycles. The van der Waals surface area contributed by atoms with Crippen LogP contribution in [0.3, 0.4) is 0 Å². The highest BCUT2D eigenvalue weighted by atomic mass is 16.5. The van der Waals surface area contributed by atoms with Crippen molar-refractivity contribution < 1.29 is 23.9 Å². The molecule has 1 aromatic rings. The molecule has 3 unspecified atom stereocenters. The van der Waals surface area contributed by atoms with E-state index in [9.17, 15) is 14.4 Å². The van der Waals surface area contributed by atoms with Crippen LogP contribution < -0.4 is 10.1 Å². The molecule has 0 bridgehead atoms. The molecular weight excluding hydrogens is 334 g/mol. The normalized spacial score (nSPS) is 25.2. The maximum atomic E-state index is 12.7. The van der Waals surface area contributed by atoms with E-state index in [2.05, 4.69) is 5.32 Å². The number of carbonyl (C=O) groups excluding carboxylic acids is 3. The number of ether oxygens (including phenoxy) is 2. The van der Waals surface area contributed by atoms with Gasteiger partial charge in [-0.15, -0.1) is 0 Å². The molecule has 2 aliphatic rings. The maximum absolute atomic E-state index is 12.7. The number of carbonyl (C=O) groups is 3. The minimum absolute atomic E-state index is 0.241. The van der Waals surface area contributed by atoms with Gasteiger partial charge in [0.1, 0.15) is 5.75 Å². The van der Waals surface area contributed by atoms with Gasteiger partial charge >= 0.3 is 5.97 Å². The molecule has 0 aromatic heterocycles. The van der Waals surface area contributed by atoms with Gasteiger partial charge in [0.25, 0.3) is 0 Å². The second-order valence-corrected chi connectivity index (χ2v) is 6.25. The van der Waals surface area contributed by atoms with Crippen molar-refractivity contribution in [2.75, 3.05) is 20.3 Å². The zero-order chi connectivity index (χ0) is 18.7. The van der Waals surface area contributed by atoms with E-state index in [1.54, 1.807) is 20.1 Å². The fourth-order valence-corrected chi connectivity index (χ4v) is 3.50. The van der Waals surface area contributed by atoms with E-state index in [0.29, 0.717) is 12.1 Å². The molecule has 6 heteroatoms. The predicted molar refractivity (Wildman–Crippen MR) is 94.6 cm³/mol. The topological polar surface area (TPSA) is 81.7 Å². The number of benzene rings is 1. The van der Waals surface area contributed by atoms with Gasteiger partial charge in [-0.2, -0.15) is 0 Å². The first-order valence-corrected chi connectivity index (χ1v) is 8.57. The number of esters is 1. The molecule has 3 rings (SSSR count). The molecular formula is C20H21NO5. The molecule has 136 valence electrons. The van der Waals surface area contributed by atoms with Crippen LogP contribution >= 0.6 is 0 Å². The highest BCUT2D eigenvalue weighted by molar-refractivity contribution is 6.46. The lowest BCUT2D eigenvalue weighted by atomic mass is 9.81. The zero-order valence-corrected chi connectivity index (χ0v) is 14.7. The second kappa shape index (κ2) is 7.66. The quantitative estimate of drug-likeness (QED) is 0.492. The van der Waals surface area contributed by atoms with Crippen molar-refractivity contribution in [3.05, 3.63) is 53.6 Å². The Morgan fingerprint density at radius 1 is 1.15 bits per heavy atom. The number of ketones is 2. The van der Waals surface area contributed by atoms with Gasteiger partial charge in [0.2, 0.25) is 11.6 Å². The summed E-state index contributed by atoms with van der Waals surface area (Å²) in [5.41, 5.74) is 1.62. The average molecular weight is 355 g/mol. The molecule has 0 spiro atoms. The van der Waals surface area contributed by atoms with E-state index in [4.69, 9.17) is 9.47 Å². The Labute approximate surface area is 151 Å². The van der Waals surface area contributed by atoms with Crippen molar-refractivity contribution in [1.82, 2.24) is 5.32 Å². The first kappa shape index (κ1) is 18.1. The van der Waals surface area contributed by atoms with Crippen LogP contribution in [0.15, 0.2) is 48.1 Å². The number of methoxy groups -OCH3 is 1.